The summed E-state index contributed by atoms with van der Waals surface area (Å²) in [7, 11) is 1.61. The van der Waals surface area contributed by atoms with E-state index in [4.69, 9.17) is 9.72 Å². The molecule has 0 unspecified atom stereocenters. The average molecular weight is 472 g/mol. The van der Waals surface area contributed by atoms with Gasteiger partial charge in [0.15, 0.2) is 5.65 Å². The summed E-state index contributed by atoms with van der Waals surface area (Å²) >= 11 is 1.38. The number of carbonyl (C=O) groups excluding carboxylic acids is 1. The topological polar surface area (TPSA) is 90.5 Å². The van der Waals surface area contributed by atoms with Crippen molar-refractivity contribution in [1.82, 2.24) is 19.2 Å². The lowest BCUT2D eigenvalue weighted by Gasteiger charge is -2.07. The fraction of sp³-hybridized carbons (Fsp3) is 0.120. The molecule has 0 fully saturated rings. The summed E-state index contributed by atoms with van der Waals surface area (Å²) < 4.78 is 8.00. The van der Waals surface area contributed by atoms with E-state index in [9.17, 15) is 9.59 Å². The Bertz CT molecular complexity index is 1590. The van der Waals surface area contributed by atoms with Crippen LogP contribution in [0.15, 0.2) is 87.5 Å². The van der Waals surface area contributed by atoms with E-state index in [0.717, 1.165) is 16.2 Å². The molecular formula is C25H21N5O3S. The molecule has 0 atom stereocenters. The highest BCUT2D eigenvalue weighted by Gasteiger charge is 2.18. The molecular weight excluding hydrogens is 450 g/mol. The van der Waals surface area contributed by atoms with Gasteiger partial charge in [-0.15, -0.1) is 5.10 Å². The molecule has 0 aliphatic rings. The molecule has 1 N–H and O–H groups in total. The Morgan fingerprint density at radius 3 is 2.71 bits per heavy atom. The van der Waals surface area contributed by atoms with Gasteiger partial charge in [-0.1, -0.05) is 42.1 Å². The Labute approximate surface area is 199 Å². The maximum atomic E-state index is 13.3. The number of rotatable bonds is 6. The van der Waals surface area contributed by atoms with Crippen LogP contribution in [0.5, 0.6) is 5.75 Å². The van der Waals surface area contributed by atoms with Gasteiger partial charge in [0.25, 0.3) is 0 Å². The average Bonchev–Trinajstić information content (AvgIpc) is 3.15. The van der Waals surface area contributed by atoms with Gasteiger partial charge < -0.3 is 10.1 Å². The Balaban J connectivity index is 1.56. The summed E-state index contributed by atoms with van der Waals surface area (Å²) in [5.41, 5.74) is 2.97. The Morgan fingerprint density at radius 2 is 1.88 bits per heavy atom. The lowest BCUT2D eigenvalue weighted by molar-refractivity contribution is -0.117. The third kappa shape index (κ3) is 4.25. The second-order valence-corrected chi connectivity index (χ2v) is 8.77. The van der Waals surface area contributed by atoms with Crippen molar-refractivity contribution in [2.75, 3.05) is 12.4 Å². The van der Waals surface area contributed by atoms with Crippen LogP contribution in [0.2, 0.25) is 0 Å². The number of hydrogen-bond acceptors (Lipinski definition) is 6. The van der Waals surface area contributed by atoms with E-state index in [1.54, 1.807) is 13.2 Å². The first-order valence-corrected chi connectivity index (χ1v) is 11.4. The monoisotopic (exact) mass is 471 g/mol. The first-order valence-electron chi connectivity index (χ1n) is 10.6. The largest absolute Gasteiger partial charge is 0.497 e. The minimum atomic E-state index is -0.402. The Morgan fingerprint density at radius 1 is 1.06 bits per heavy atom. The number of aryl methyl sites for hydroxylation is 1. The minimum absolute atomic E-state index is 0.216. The zero-order valence-electron chi connectivity index (χ0n) is 18.6. The van der Waals surface area contributed by atoms with Crippen LogP contribution >= 0.6 is 11.8 Å². The highest BCUT2D eigenvalue weighted by Crippen LogP contribution is 2.32. The van der Waals surface area contributed by atoms with Crippen molar-refractivity contribution >= 4 is 40.0 Å². The van der Waals surface area contributed by atoms with Crippen molar-refractivity contribution in [1.29, 1.82) is 0 Å². The van der Waals surface area contributed by atoms with Crippen LogP contribution in [-0.2, 0) is 11.3 Å². The van der Waals surface area contributed by atoms with Gasteiger partial charge in [0.05, 0.1) is 18.1 Å². The number of ether oxygens (including phenoxy) is 1. The summed E-state index contributed by atoms with van der Waals surface area (Å²) in [6.07, 6.45) is 0. The highest BCUT2D eigenvalue weighted by molar-refractivity contribution is 7.99. The molecule has 0 bridgehead atoms. The van der Waals surface area contributed by atoms with Gasteiger partial charge in [-0.05, 0) is 55.0 Å². The molecule has 0 aliphatic carbocycles. The Hall–Kier alpha value is -4.11. The second-order valence-electron chi connectivity index (χ2n) is 7.70. The van der Waals surface area contributed by atoms with Crippen LogP contribution in [0.4, 0.5) is 5.69 Å². The maximum Gasteiger partial charge on any atom is 0.351 e. The third-order valence-corrected chi connectivity index (χ3v) is 6.18. The number of nitrogens with one attached hydrogen (secondary N) is 1. The number of amides is 1. The predicted molar refractivity (Wildman–Crippen MR) is 132 cm³/mol. The smallest absolute Gasteiger partial charge is 0.351 e. The van der Waals surface area contributed by atoms with Crippen molar-refractivity contribution in [2.45, 2.75) is 23.4 Å². The first-order chi connectivity index (χ1) is 16.5. The number of carbonyl (C=O) groups is 1. The van der Waals surface area contributed by atoms with E-state index in [-0.39, 0.29) is 12.5 Å². The second kappa shape index (κ2) is 9.03. The minimum Gasteiger partial charge on any atom is -0.497 e. The third-order valence-electron chi connectivity index (χ3n) is 5.23. The molecule has 170 valence electrons. The summed E-state index contributed by atoms with van der Waals surface area (Å²) in [5, 5.41) is 7.87. The van der Waals surface area contributed by atoms with E-state index in [2.05, 4.69) is 10.4 Å². The van der Waals surface area contributed by atoms with E-state index >= 15 is 0 Å². The molecule has 0 saturated heterocycles. The maximum absolute atomic E-state index is 13.3. The van der Waals surface area contributed by atoms with Gasteiger partial charge in [-0.2, -0.15) is 0 Å². The summed E-state index contributed by atoms with van der Waals surface area (Å²) in [5.74, 6) is 0.382. The number of methoxy groups -OCH3 is 1. The summed E-state index contributed by atoms with van der Waals surface area (Å²) in [6, 6.07) is 22.4. The molecule has 1 amide bonds. The molecule has 5 aromatic rings. The molecule has 3 aromatic carbocycles. The first kappa shape index (κ1) is 21.7. The Kier molecular flexibility index (Phi) is 5.77. The van der Waals surface area contributed by atoms with E-state index in [1.165, 1.54) is 20.8 Å². The van der Waals surface area contributed by atoms with Gasteiger partial charge in [0.2, 0.25) is 5.91 Å². The van der Waals surface area contributed by atoms with E-state index < -0.39 is 5.69 Å². The molecule has 2 heterocycles. The molecule has 0 spiro atoms. The van der Waals surface area contributed by atoms with Crippen LogP contribution in [0.3, 0.4) is 0 Å². The number of para-hydroxylation sites is 2. The fourth-order valence-electron chi connectivity index (χ4n) is 3.68. The van der Waals surface area contributed by atoms with E-state index in [1.807, 2.05) is 73.7 Å². The molecule has 9 heteroatoms. The number of benzene rings is 3. The van der Waals surface area contributed by atoms with Crippen molar-refractivity contribution < 1.29 is 9.53 Å². The van der Waals surface area contributed by atoms with Crippen LogP contribution in [0, 0.1) is 6.92 Å². The van der Waals surface area contributed by atoms with Gasteiger partial charge in [0.1, 0.15) is 17.3 Å². The predicted octanol–water partition coefficient (Wildman–Crippen LogP) is 4.15. The zero-order chi connectivity index (χ0) is 23.7. The molecule has 0 radical (unpaired) electrons. The lowest BCUT2D eigenvalue weighted by Crippen LogP contribution is -2.28. The standard InChI is InChI=1S/C25H21N5O3S/c1-16-7-5-8-17(13-16)26-22(31)15-29-25(32)30-21-12-4-3-11-20(21)27-24(23(30)28-29)34-19-10-6-9-18(14-19)33-2/h3-14H,15H2,1-2H3,(H,26,31). The van der Waals surface area contributed by atoms with Crippen LogP contribution in [0.1, 0.15) is 5.56 Å². The number of fused-ring (bicyclic) bond motifs is 3. The van der Waals surface area contributed by atoms with Crippen LogP contribution in [-0.4, -0.2) is 32.2 Å². The van der Waals surface area contributed by atoms with Gasteiger partial charge in [-0.3, -0.25) is 4.79 Å². The summed E-state index contributed by atoms with van der Waals surface area (Å²) in [4.78, 5) is 31.6. The van der Waals surface area contributed by atoms with Gasteiger partial charge in [-0.25, -0.2) is 18.9 Å². The van der Waals surface area contributed by atoms with Crippen molar-refractivity contribution in [3.05, 3.63) is 88.8 Å². The number of anilines is 1. The number of hydrogen-bond donors (Lipinski definition) is 1. The fourth-order valence-corrected chi connectivity index (χ4v) is 4.59. The molecule has 8 nitrogen and oxygen atoms in total. The highest BCUT2D eigenvalue weighted by atomic mass is 32.2. The molecule has 2 aromatic heterocycles. The van der Waals surface area contributed by atoms with Crippen LogP contribution in [0.25, 0.3) is 16.7 Å². The summed E-state index contributed by atoms with van der Waals surface area (Å²) in [6.45, 7) is 1.73. The SMILES string of the molecule is COc1cccc(Sc2nc3ccccc3n3c(=O)n(CC(=O)Nc4cccc(C)c4)nc23)c1. The molecule has 34 heavy (non-hydrogen) atoms. The normalized spacial score (nSPS) is 11.1. The van der Waals surface area contributed by atoms with Crippen molar-refractivity contribution in [3.8, 4) is 5.75 Å². The van der Waals surface area contributed by atoms with Gasteiger partial charge >= 0.3 is 5.69 Å². The number of nitrogens with zero attached hydrogens (tertiary/aromatic N) is 4. The van der Waals surface area contributed by atoms with Crippen LogP contribution < -0.4 is 15.7 Å². The molecule has 0 aliphatic heterocycles. The van der Waals surface area contributed by atoms with Gasteiger partial charge in [0, 0.05) is 10.6 Å². The zero-order valence-corrected chi connectivity index (χ0v) is 19.4. The number of aromatic nitrogens is 4. The van der Waals surface area contributed by atoms with E-state index in [0.29, 0.717) is 27.4 Å². The lowest BCUT2D eigenvalue weighted by atomic mass is 10.2. The molecule has 5 rings (SSSR count). The quantitative estimate of drug-likeness (QED) is 0.400. The molecule has 0 saturated carbocycles. The van der Waals surface area contributed by atoms with Crippen molar-refractivity contribution in [3.63, 3.8) is 0 Å². The van der Waals surface area contributed by atoms with Crippen molar-refractivity contribution in [2.24, 2.45) is 0 Å².